The third-order valence-electron chi connectivity index (χ3n) is 2.79. The molecule has 0 radical (unpaired) electrons. The zero-order valence-electron chi connectivity index (χ0n) is 10.9. The van der Waals surface area contributed by atoms with Crippen molar-refractivity contribution in [2.45, 2.75) is 13.2 Å². The Hall–Kier alpha value is -2.53. The number of aliphatic hydroxyl groups excluding tert-OH is 1. The number of hydrogen-bond donors (Lipinski definition) is 3. The van der Waals surface area contributed by atoms with Crippen LogP contribution in [0.2, 0.25) is 0 Å². The third-order valence-corrected chi connectivity index (χ3v) is 2.79. The minimum absolute atomic E-state index is 0.0113. The zero-order chi connectivity index (χ0) is 14.5. The van der Waals surface area contributed by atoms with Gasteiger partial charge in [0.05, 0.1) is 12.2 Å². The molecule has 0 unspecified atom stereocenters. The minimum atomic E-state index is -0.477. The largest absolute Gasteiger partial charge is 0.457 e. The van der Waals surface area contributed by atoms with Crippen LogP contribution >= 0.6 is 0 Å². The molecule has 0 saturated carbocycles. The van der Waals surface area contributed by atoms with E-state index in [0.29, 0.717) is 16.9 Å². The van der Waals surface area contributed by atoms with Crippen molar-refractivity contribution in [2.75, 3.05) is 11.5 Å². The highest BCUT2D eigenvalue weighted by Gasteiger charge is 2.09. The van der Waals surface area contributed by atoms with Gasteiger partial charge in [-0.1, -0.05) is 24.3 Å². The van der Waals surface area contributed by atoms with E-state index in [4.69, 9.17) is 21.3 Å². The summed E-state index contributed by atoms with van der Waals surface area (Å²) in [5.74, 6) is -0.477. The molecule has 5 heteroatoms. The number of benzene rings is 2. The lowest BCUT2D eigenvalue weighted by molar-refractivity contribution is 0.0473. The SMILES string of the molecule is Nc1cc(N)cc(C(=O)OCc2ccc(CO)cc2)c1. The maximum Gasteiger partial charge on any atom is 0.338 e. The second kappa shape index (κ2) is 6.08. The summed E-state index contributed by atoms with van der Waals surface area (Å²) in [5.41, 5.74) is 14.1. The Bertz CT molecular complexity index is 589. The summed E-state index contributed by atoms with van der Waals surface area (Å²) in [4.78, 5) is 11.9. The highest BCUT2D eigenvalue weighted by molar-refractivity contribution is 5.91. The molecule has 20 heavy (non-hydrogen) atoms. The van der Waals surface area contributed by atoms with Crippen molar-refractivity contribution in [3.05, 3.63) is 59.2 Å². The van der Waals surface area contributed by atoms with Gasteiger partial charge in [0.1, 0.15) is 6.61 Å². The van der Waals surface area contributed by atoms with Crippen LogP contribution in [-0.4, -0.2) is 11.1 Å². The molecule has 0 fully saturated rings. The Morgan fingerprint density at radius 3 is 2.10 bits per heavy atom. The van der Waals surface area contributed by atoms with Crippen LogP contribution in [0, 0.1) is 0 Å². The summed E-state index contributed by atoms with van der Waals surface area (Å²) in [7, 11) is 0. The maximum absolute atomic E-state index is 11.9. The molecule has 0 aliphatic heterocycles. The van der Waals surface area contributed by atoms with E-state index >= 15 is 0 Å². The zero-order valence-corrected chi connectivity index (χ0v) is 10.9. The van der Waals surface area contributed by atoms with E-state index in [-0.39, 0.29) is 13.2 Å². The number of aliphatic hydroxyl groups is 1. The topological polar surface area (TPSA) is 98.6 Å². The first-order valence-corrected chi connectivity index (χ1v) is 6.10. The van der Waals surface area contributed by atoms with Gasteiger partial charge in [0, 0.05) is 11.4 Å². The number of anilines is 2. The average Bonchev–Trinajstić information content (AvgIpc) is 2.44. The van der Waals surface area contributed by atoms with Crippen LogP contribution in [-0.2, 0) is 18.0 Å². The molecule has 2 rings (SSSR count). The summed E-state index contributed by atoms with van der Waals surface area (Å²) in [6.45, 7) is 0.141. The molecule has 2 aromatic carbocycles. The van der Waals surface area contributed by atoms with Gasteiger partial charge in [-0.25, -0.2) is 4.79 Å². The molecule has 0 aliphatic rings. The van der Waals surface area contributed by atoms with Gasteiger partial charge >= 0.3 is 5.97 Å². The van der Waals surface area contributed by atoms with E-state index in [1.807, 2.05) is 0 Å². The summed E-state index contributed by atoms with van der Waals surface area (Å²) in [5, 5.41) is 8.94. The summed E-state index contributed by atoms with van der Waals surface area (Å²) in [6.07, 6.45) is 0. The number of carbonyl (C=O) groups is 1. The molecule has 0 atom stereocenters. The van der Waals surface area contributed by atoms with E-state index in [1.54, 1.807) is 30.3 Å². The monoisotopic (exact) mass is 272 g/mol. The molecule has 104 valence electrons. The number of nitrogen functional groups attached to an aromatic ring is 2. The van der Waals surface area contributed by atoms with Crippen molar-refractivity contribution in [3.8, 4) is 0 Å². The van der Waals surface area contributed by atoms with Crippen LogP contribution in [0.1, 0.15) is 21.5 Å². The van der Waals surface area contributed by atoms with Gasteiger partial charge in [0.2, 0.25) is 0 Å². The van der Waals surface area contributed by atoms with Crippen LogP contribution in [0.4, 0.5) is 11.4 Å². The Morgan fingerprint density at radius 1 is 1.00 bits per heavy atom. The summed E-state index contributed by atoms with van der Waals surface area (Å²) in [6, 6.07) is 11.8. The highest BCUT2D eigenvalue weighted by atomic mass is 16.5. The van der Waals surface area contributed by atoms with Crippen molar-refractivity contribution in [1.29, 1.82) is 0 Å². The maximum atomic E-state index is 11.9. The first-order valence-electron chi connectivity index (χ1n) is 6.10. The highest BCUT2D eigenvalue weighted by Crippen LogP contribution is 2.15. The first kappa shape index (κ1) is 13.9. The molecule has 5 N–H and O–H groups in total. The molecule has 0 amide bonds. The van der Waals surface area contributed by atoms with Crippen molar-refractivity contribution in [2.24, 2.45) is 0 Å². The first-order chi connectivity index (χ1) is 9.58. The van der Waals surface area contributed by atoms with Gasteiger partial charge in [0.15, 0.2) is 0 Å². The van der Waals surface area contributed by atoms with E-state index in [1.165, 1.54) is 12.1 Å². The molecule has 0 aliphatic carbocycles. The van der Waals surface area contributed by atoms with Crippen LogP contribution in [0.25, 0.3) is 0 Å². The second-order valence-electron chi connectivity index (χ2n) is 4.44. The van der Waals surface area contributed by atoms with Gasteiger partial charge in [-0.15, -0.1) is 0 Å². The van der Waals surface area contributed by atoms with Crippen molar-refractivity contribution in [1.82, 2.24) is 0 Å². The average molecular weight is 272 g/mol. The lowest BCUT2D eigenvalue weighted by Gasteiger charge is -2.07. The lowest BCUT2D eigenvalue weighted by Crippen LogP contribution is -2.06. The number of esters is 1. The molecule has 0 heterocycles. The van der Waals surface area contributed by atoms with Gasteiger partial charge in [0.25, 0.3) is 0 Å². The Kier molecular flexibility index (Phi) is 4.22. The number of ether oxygens (including phenoxy) is 1. The summed E-state index contributed by atoms with van der Waals surface area (Å²) >= 11 is 0. The van der Waals surface area contributed by atoms with Gasteiger partial charge in [-0.2, -0.15) is 0 Å². The Labute approximate surface area is 116 Å². The molecule has 0 aromatic heterocycles. The van der Waals surface area contributed by atoms with Crippen molar-refractivity contribution in [3.63, 3.8) is 0 Å². The quantitative estimate of drug-likeness (QED) is 0.581. The number of carbonyl (C=O) groups excluding carboxylic acids is 1. The molecule has 0 saturated heterocycles. The van der Waals surface area contributed by atoms with Crippen LogP contribution in [0.3, 0.4) is 0 Å². The fourth-order valence-electron chi connectivity index (χ4n) is 1.77. The minimum Gasteiger partial charge on any atom is -0.457 e. The van der Waals surface area contributed by atoms with E-state index in [0.717, 1.165) is 11.1 Å². The fraction of sp³-hybridized carbons (Fsp3) is 0.133. The van der Waals surface area contributed by atoms with Gasteiger partial charge in [-0.05, 0) is 29.3 Å². The molecular formula is C15H16N2O3. The predicted molar refractivity (Wildman–Crippen MR) is 76.8 cm³/mol. The smallest absolute Gasteiger partial charge is 0.338 e. The number of hydrogen-bond acceptors (Lipinski definition) is 5. The summed E-state index contributed by atoms with van der Waals surface area (Å²) < 4.78 is 5.19. The molecule has 0 spiro atoms. The Balaban J connectivity index is 2.00. The van der Waals surface area contributed by atoms with Crippen molar-refractivity contribution >= 4 is 17.3 Å². The molecule has 0 bridgehead atoms. The second-order valence-corrected chi connectivity index (χ2v) is 4.44. The number of nitrogens with two attached hydrogens (primary N) is 2. The van der Waals surface area contributed by atoms with E-state index in [2.05, 4.69) is 0 Å². The fourth-order valence-corrected chi connectivity index (χ4v) is 1.77. The van der Waals surface area contributed by atoms with Gasteiger partial charge in [-0.3, -0.25) is 0 Å². The molecule has 5 nitrogen and oxygen atoms in total. The molecular weight excluding hydrogens is 256 g/mol. The van der Waals surface area contributed by atoms with Crippen LogP contribution in [0.15, 0.2) is 42.5 Å². The predicted octanol–water partition coefficient (Wildman–Crippen LogP) is 1.70. The normalized spacial score (nSPS) is 10.2. The van der Waals surface area contributed by atoms with Crippen molar-refractivity contribution < 1.29 is 14.6 Å². The van der Waals surface area contributed by atoms with E-state index < -0.39 is 5.97 Å². The van der Waals surface area contributed by atoms with E-state index in [9.17, 15) is 4.79 Å². The van der Waals surface area contributed by atoms with Gasteiger partial charge < -0.3 is 21.3 Å². The lowest BCUT2D eigenvalue weighted by atomic mass is 10.1. The third kappa shape index (κ3) is 3.49. The number of rotatable bonds is 4. The molecule has 2 aromatic rings. The van der Waals surface area contributed by atoms with Crippen LogP contribution < -0.4 is 11.5 Å². The van der Waals surface area contributed by atoms with Crippen LogP contribution in [0.5, 0.6) is 0 Å². The Morgan fingerprint density at radius 2 is 1.55 bits per heavy atom. The standard InChI is InChI=1S/C15H16N2O3/c16-13-5-12(6-14(17)7-13)15(19)20-9-11-3-1-10(8-18)2-4-11/h1-7,18H,8-9,16-17H2.